The van der Waals surface area contributed by atoms with E-state index in [2.05, 4.69) is 51.3 Å². The molecule has 0 aliphatic rings. The Hall–Kier alpha value is -1.30. The number of benzene rings is 1. The summed E-state index contributed by atoms with van der Waals surface area (Å²) >= 11 is 0. The fraction of sp³-hybridized carbons (Fsp3) is 0.375. The molecular formula is C16H22. The summed E-state index contributed by atoms with van der Waals surface area (Å²) in [5, 5.41) is 0. The topological polar surface area (TPSA) is 0 Å². The molecule has 0 amide bonds. The van der Waals surface area contributed by atoms with Crippen molar-refractivity contribution in [2.45, 2.75) is 33.1 Å². The van der Waals surface area contributed by atoms with Crippen LogP contribution in [0.1, 0.15) is 37.8 Å². The Labute approximate surface area is 99.7 Å². The maximum absolute atomic E-state index is 4.20. The Kier molecular flexibility index (Phi) is 5.04. The first-order valence-electron chi connectivity index (χ1n) is 6.08. The van der Waals surface area contributed by atoms with E-state index >= 15 is 0 Å². The van der Waals surface area contributed by atoms with Gasteiger partial charge in [0.25, 0.3) is 0 Å². The van der Waals surface area contributed by atoms with E-state index in [9.17, 15) is 0 Å². The molecule has 1 atom stereocenters. The second-order valence-electron chi connectivity index (χ2n) is 4.40. The summed E-state index contributed by atoms with van der Waals surface area (Å²) in [6, 6.07) is 8.68. The lowest BCUT2D eigenvalue weighted by Crippen LogP contribution is -1.97. The molecule has 0 aliphatic carbocycles. The van der Waals surface area contributed by atoms with Crippen LogP contribution < -0.4 is 0 Å². The Morgan fingerprint density at radius 1 is 1.31 bits per heavy atom. The van der Waals surface area contributed by atoms with E-state index in [4.69, 9.17) is 0 Å². The molecule has 86 valence electrons. The summed E-state index contributed by atoms with van der Waals surface area (Å²) in [4.78, 5) is 0. The summed E-state index contributed by atoms with van der Waals surface area (Å²) in [7, 11) is 0. The van der Waals surface area contributed by atoms with Crippen LogP contribution >= 0.6 is 0 Å². The first-order valence-corrected chi connectivity index (χ1v) is 6.08. The Balaban J connectivity index is 2.73. The summed E-state index contributed by atoms with van der Waals surface area (Å²) in [5.74, 6) is 0.579. The third-order valence-electron chi connectivity index (χ3n) is 3.02. The number of rotatable bonds is 6. The zero-order valence-electron chi connectivity index (χ0n) is 10.5. The minimum Gasteiger partial charge on any atom is -0.103 e. The van der Waals surface area contributed by atoms with Gasteiger partial charge in [-0.3, -0.25) is 0 Å². The fourth-order valence-electron chi connectivity index (χ4n) is 1.91. The van der Waals surface area contributed by atoms with Crippen LogP contribution in [0.15, 0.2) is 43.5 Å². The average molecular weight is 214 g/mol. The SMILES string of the molecule is C=CCc1ccc(C(=C)C(C)CCC)cc1. The van der Waals surface area contributed by atoms with E-state index in [-0.39, 0.29) is 0 Å². The lowest BCUT2D eigenvalue weighted by atomic mass is 9.91. The second-order valence-corrected chi connectivity index (χ2v) is 4.40. The Morgan fingerprint density at radius 3 is 2.44 bits per heavy atom. The van der Waals surface area contributed by atoms with Crippen molar-refractivity contribution >= 4 is 5.57 Å². The van der Waals surface area contributed by atoms with Gasteiger partial charge in [0.1, 0.15) is 0 Å². The zero-order chi connectivity index (χ0) is 12.0. The molecule has 0 saturated heterocycles. The molecular weight excluding hydrogens is 192 g/mol. The molecule has 1 aromatic carbocycles. The van der Waals surface area contributed by atoms with Crippen LogP contribution in [-0.2, 0) is 6.42 Å². The van der Waals surface area contributed by atoms with Crippen LogP contribution in [-0.4, -0.2) is 0 Å². The van der Waals surface area contributed by atoms with Gasteiger partial charge in [-0.15, -0.1) is 6.58 Å². The molecule has 0 radical (unpaired) electrons. The molecule has 0 heterocycles. The highest BCUT2D eigenvalue weighted by atomic mass is 14.1. The standard InChI is InChI=1S/C16H22/c1-5-7-13(3)14(4)16-11-9-15(8-6-2)10-12-16/h6,9-13H,2,4-5,7-8H2,1,3H3. The Bertz CT molecular complexity index is 343. The molecule has 0 nitrogen and oxygen atoms in total. The highest BCUT2D eigenvalue weighted by molar-refractivity contribution is 5.65. The highest BCUT2D eigenvalue weighted by Gasteiger charge is 2.07. The Morgan fingerprint density at radius 2 is 1.94 bits per heavy atom. The van der Waals surface area contributed by atoms with Crippen LogP contribution in [0.3, 0.4) is 0 Å². The third kappa shape index (κ3) is 3.37. The van der Waals surface area contributed by atoms with Crippen molar-refractivity contribution in [2.24, 2.45) is 5.92 Å². The summed E-state index contributed by atoms with van der Waals surface area (Å²) in [6.45, 7) is 12.4. The molecule has 0 fully saturated rings. The predicted molar refractivity (Wildman–Crippen MR) is 73.4 cm³/mol. The van der Waals surface area contributed by atoms with Gasteiger partial charge in [0, 0.05) is 0 Å². The molecule has 0 spiro atoms. The maximum atomic E-state index is 4.20. The van der Waals surface area contributed by atoms with Crippen molar-refractivity contribution in [3.8, 4) is 0 Å². The summed E-state index contributed by atoms with van der Waals surface area (Å²) in [6.07, 6.45) is 5.31. The van der Waals surface area contributed by atoms with Crippen molar-refractivity contribution in [1.29, 1.82) is 0 Å². The van der Waals surface area contributed by atoms with Crippen LogP contribution in [0.25, 0.3) is 5.57 Å². The molecule has 0 saturated carbocycles. The maximum Gasteiger partial charge on any atom is -0.0100 e. The molecule has 0 aromatic heterocycles. The molecule has 1 aromatic rings. The minimum atomic E-state index is 0.579. The average Bonchev–Trinajstić information content (AvgIpc) is 2.30. The first-order chi connectivity index (χ1) is 7.69. The van der Waals surface area contributed by atoms with Crippen LogP contribution in [0, 0.1) is 5.92 Å². The smallest absolute Gasteiger partial charge is 0.0100 e. The molecule has 16 heavy (non-hydrogen) atoms. The van der Waals surface area contributed by atoms with Gasteiger partial charge in [0.2, 0.25) is 0 Å². The van der Waals surface area contributed by atoms with Crippen molar-refractivity contribution in [3.05, 3.63) is 54.6 Å². The highest BCUT2D eigenvalue weighted by Crippen LogP contribution is 2.25. The molecule has 0 N–H and O–H groups in total. The van der Waals surface area contributed by atoms with Crippen LogP contribution in [0.2, 0.25) is 0 Å². The van der Waals surface area contributed by atoms with E-state index in [1.807, 2.05) is 6.08 Å². The first kappa shape index (κ1) is 12.8. The van der Waals surface area contributed by atoms with Crippen molar-refractivity contribution < 1.29 is 0 Å². The van der Waals surface area contributed by atoms with E-state index in [1.165, 1.54) is 29.5 Å². The third-order valence-corrected chi connectivity index (χ3v) is 3.02. The van der Waals surface area contributed by atoms with Gasteiger partial charge in [0.15, 0.2) is 0 Å². The lowest BCUT2D eigenvalue weighted by molar-refractivity contribution is 0.651. The fourth-order valence-corrected chi connectivity index (χ4v) is 1.91. The van der Waals surface area contributed by atoms with Gasteiger partial charge in [0.05, 0.1) is 0 Å². The van der Waals surface area contributed by atoms with Gasteiger partial charge in [-0.1, -0.05) is 57.2 Å². The molecule has 0 heteroatoms. The molecule has 0 bridgehead atoms. The summed E-state index contributed by atoms with van der Waals surface area (Å²) in [5.41, 5.74) is 3.84. The van der Waals surface area contributed by atoms with E-state index in [0.29, 0.717) is 5.92 Å². The number of allylic oxidation sites excluding steroid dienone is 2. The molecule has 1 unspecified atom stereocenters. The van der Waals surface area contributed by atoms with E-state index in [0.717, 1.165) is 6.42 Å². The largest absolute Gasteiger partial charge is 0.103 e. The van der Waals surface area contributed by atoms with Crippen molar-refractivity contribution in [3.63, 3.8) is 0 Å². The normalized spacial score (nSPS) is 12.1. The molecule has 0 aliphatic heterocycles. The van der Waals surface area contributed by atoms with Crippen LogP contribution in [0.4, 0.5) is 0 Å². The van der Waals surface area contributed by atoms with Crippen LogP contribution in [0.5, 0.6) is 0 Å². The zero-order valence-corrected chi connectivity index (χ0v) is 10.5. The monoisotopic (exact) mass is 214 g/mol. The van der Waals surface area contributed by atoms with Crippen molar-refractivity contribution in [1.82, 2.24) is 0 Å². The molecule has 1 rings (SSSR count). The van der Waals surface area contributed by atoms with E-state index < -0.39 is 0 Å². The number of hydrogen-bond acceptors (Lipinski definition) is 0. The second kappa shape index (κ2) is 6.32. The van der Waals surface area contributed by atoms with Crippen molar-refractivity contribution in [2.75, 3.05) is 0 Å². The van der Waals surface area contributed by atoms with Gasteiger partial charge in [-0.25, -0.2) is 0 Å². The predicted octanol–water partition coefficient (Wildman–Crippen LogP) is 4.86. The van der Waals surface area contributed by atoms with Gasteiger partial charge < -0.3 is 0 Å². The lowest BCUT2D eigenvalue weighted by Gasteiger charge is -2.14. The van der Waals surface area contributed by atoms with E-state index in [1.54, 1.807) is 0 Å². The quantitative estimate of drug-likeness (QED) is 0.593. The van der Waals surface area contributed by atoms with Gasteiger partial charge in [-0.05, 0) is 35.5 Å². The minimum absolute atomic E-state index is 0.579. The van der Waals surface area contributed by atoms with Gasteiger partial charge in [-0.2, -0.15) is 0 Å². The summed E-state index contributed by atoms with van der Waals surface area (Å²) < 4.78 is 0. The van der Waals surface area contributed by atoms with Gasteiger partial charge >= 0.3 is 0 Å². The number of hydrogen-bond donors (Lipinski definition) is 0.